The Kier molecular flexibility index (Phi) is 5.65. The summed E-state index contributed by atoms with van der Waals surface area (Å²) >= 11 is 1.79. The molecule has 1 aromatic carbocycles. The molecule has 0 fully saturated rings. The highest BCUT2D eigenvalue weighted by molar-refractivity contribution is 7.99. The maximum absolute atomic E-state index is 10.5. The Morgan fingerprint density at radius 3 is 2.48 bits per heavy atom. The van der Waals surface area contributed by atoms with Crippen molar-refractivity contribution in [2.75, 3.05) is 5.75 Å². The van der Waals surface area contributed by atoms with Crippen LogP contribution in [-0.4, -0.2) is 21.9 Å². The van der Waals surface area contributed by atoms with Crippen molar-refractivity contribution in [2.45, 2.75) is 37.9 Å². The lowest BCUT2D eigenvalue weighted by atomic mass is 10.0. The van der Waals surface area contributed by atoms with Crippen molar-refractivity contribution in [1.29, 1.82) is 0 Å². The average Bonchev–Trinajstić information content (AvgIpc) is 2.47. The first-order chi connectivity index (χ1) is 10.1. The summed E-state index contributed by atoms with van der Waals surface area (Å²) < 4.78 is 5.61. The van der Waals surface area contributed by atoms with Crippen LogP contribution in [0.4, 0.5) is 0 Å². The topological polar surface area (TPSA) is 42.4 Å². The van der Waals surface area contributed by atoms with Gasteiger partial charge in [-0.1, -0.05) is 19.1 Å². The molecule has 0 saturated carbocycles. The minimum atomic E-state index is -0.686. The summed E-state index contributed by atoms with van der Waals surface area (Å²) in [6.07, 6.45) is 2.74. The van der Waals surface area contributed by atoms with Gasteiger partial charge in [-0.25, -0.2) is 0 Å². The second-order valence-corrected chi connectivity index (χ2v) is 6.36. The molecule has 1 atom stereocenters. The number of aliphatic hydroxyl groups excluding tert-OH is 1. The summed E-state index contributed by atoms with van der Waals surface area (Å²) in [6, 6.07) is 9.83. The van der Waals surface area contributed by atoms with E-state index in [2.05, 4.69) is 11.9 Å². The smallest absolute Gasteiger partial charge is 0.138 e. The van der Waals surface area contributed by atoms with E-state index in [0.717, 1.165) is 16.9 Å². The number of thioether (sulfide) groups is 1. The third-order valence-electron chi connectivity index (χ3n) is 2.93. The van der Waals surface area contributed by atoms with E-state index in [9.17, 15) is 5.11 Å². The van der Waals surface area contributed by atoms with Gasteiger partial charge in [-0.05, 0) is 43.4 Å². The van der Waals surface area contributed by atoms with Gasteiger partial charge < -0.3 is 9.84 Å². The minimum Gasteiger partial charge on any atom is -0.489 e. The van der Waals surface area contributed by atoms with E-state index in [1.54, 1.807) is 24.2 Å². The fourth-order valence-corrected chi connectivity index (χ4v) is 2.69. The van der Waals surface area contributed by atoms with Gasteiger partial charge in [0.1, 0.15) is 11.9 Å². The molecule has 1 unspecified atom stereocenters. The molecule has 0 spiro atoms. The first kappa shape index (κ1) is 15.9. The third-order valence-corrected chi connectivity index (χ3v) is 3.82. The van der Waals surface area contributed by atoms with Gasteiger partial charge in [-0.3, -0.25) is 4.98 Å². The zero-order valence-electron chi connectivity index (χ0n) is 12.6. The van der Waals surface area contributed by atoms with Crippen molar-refractivity contribution in [1.82, 2.24) is 4.98 Å². The molecule has 0 aliphatic rings. The first-order valence-electron chi connectivity index (χ1n) is 7.12. The van der Waals surface area contributed by atoms with E-state index in [1.165, 1.54) is 4.90 Å². The van der Waals surface area contributed by atoms with E-state index in [1.807, 2.05) is 44.2 Å². The summed E-state index contributed by atoms with van der Waals surface area (Å²) in [7, 11) is 0. The van der Waals surface area contributed by atoms with E-state index in [0.29, 0.717) is 5.75 Å². The molecule has 0 aliphatic heterocycles. The zero-order valence-corrected chi connectivity index (χ0v) is 13.4. The number of rotatable bonds is 6. The molecule has 0 aliphatic carbocycles. The van der Waals surface area contributed by atoms with Gasteiger partial charge in [0.25, 0.3) is 0 Å². The Morgan fingerprint density at radius 1 is 1.14 bits per heavy atom. The largest absolute Gasteiger partial charge is 0.489 e. The highest BCUT2D eigenvalue weighted by Gasteiger charge is 2.12. The van der Waals surface area contributed by atoms with Crippen LogP contribution in [0.15, 0.2) is 47.6 Å². The Labute approximate surface area is 130 Å². The number of nitrogens with zero attached hydrogens (tertiary/aromatic N) is 1. The van der Waals surface area contributed by atoms with Crippen LogP contribution in [0.1, 0.15) is 38.0 Å². The van der Waals surface area contributed by atoms with E-state index in [-0.39, 0.29) is 6.10 Å². The summed E-state index contributed by atoms with van der Waals surface area (Å²) in [4.78, 5) is 5.35. The van der Waals surface area contributed by atoms with Crippen LogP contribution in [0.2, 0.25) is 0 Å². The molecule has 112 valence electrons. The lowest BCUT2D eigenvalue weighted by Crippen LogP contribution is -2.07. The molecule has 0 amide bonds. The monoisotopic (exact) mass is 303 g/mol. The quantitative estimate of drug-likeness (QED) is 0.817. The van der Waals surface area contributed by atoms with Crippen LogP contribution in [0.25, 0.3) is 0 Å². The highest BCUT2D eigenvalue weighted by Crippen LogP contribution is 2.26. The van der Waals surface area contributed by atoms with Crippen LogP contribution in [0.5, 0.6) is 5.75 Å². The van der Waals surface area contributed by atoms with Gasteiger partial charge in [0.05, 0.1) is 12.3 Å². The lowest BCUT2D eigenvalue weighted by Gasteiger charge is -2.14. The van der Waals surface area contributed by atoms with Gasteiger partial charge in [0.2, 0.25) is 0 Å². The number of ether oxygens (including phenoxy) is 1. The SMILES string of the molecule is CCSc1ccc(C(O)c2cncc(OC(C)C)c2)cc1. The van der Waals surface area contributed by atoms with Gasteiger partial charge in [-0.2, -0.15) is 0 Å². The van der Waals surface area contributed by atoms with Crippen molar-refractivity contribution in [3.05, 3.63) is 53.9 Å². The molecule has 21 heavy (non-hydrogen) atoms. The van der Waals surface area contributed by atoms with Crippen molar-refractivity contribution < 1.29 is 9.84 Å². The zero-order chi connectivity index (χ0) is 15.2. The maximum Gasteiger partial charge on any atom is 0.138 e. The van der Waals surface area contributed by atoms with Crippen molar-refractivity contribution in [3.8, 4) is 5.75 Å². The average molecular weight is 303 g/mol. The van der Waals surface area contributed by atoms with E-state index < -0.39 is 6.10 Å². The van der Waals surface area contributed by atoms with Gasteiger partial charge in [-0.15, -0.1) is 11.8 Å². The molecule has 2 aromatic rings. The van der Waals surface area contributed by atoms with Crippen molar-refractivity contribution >= 4 is 11.8 Å². The third kappa shape index (κ3) is 4.48. The molecule has 1 heterocycles. The number of benzene rings is 1. The lowest BCUT2D eigenvalue weighted by molar-refractivity contribution is 0.215. The standard InChI is InChI=1S/C17H21NO2S/c1-4-21-16-7-5-13(6-8-16)17(19)14-9-15(11-18-10-14)20-12(2)3/h5-12,17,19H,4H2,1-3H3. The highest BCUT2D eigenvalue weighted by atomic mass is 32.2. The fraction of sp³-hybridized carbons (Fsp3) is 0.353. The predicted octanol–water partition coefficient (Wildman–Crippen LogP) is 4.06. The predicted molar refractivity (Wildman–Crippen MR) is 86.9 cm³/mol. The molecule has 4 heteroatoms. The fourth-order valence-electron chi connectivity index (χ4n) is 2.03. The van der Waals surface area contributed by atoms with Crippen LogP contribution in [-0.2, 0) is 0 Å². The second kappa shape index (κ2) is 7.48. The van der Waals surface area contributed by atoms with Crippen molar-refractivity contribution in [2.24, 2.45) is 0 Å². The maximum atomic E-state index is 10.5. The Bertz CT molecular complexity index is 569. The molecular formula is C17H21NO2S. The number of aliphatic hydroxyl groups is 1. The Balaban J connectivity index is 2.16. The molecule has 1 N–H and O–H groups in total. The summed E-state index contributed by atoms with van der Waals surface area (Å²) in [5, 5.41) is 10.5. The molecule has 0 radical (unpaired) electrons. The molecule has 3 nitrogen and oxygen atoms in total. The molecule has 0 bridgehead atoms. The summed E-state index contributed by atoms with van der Waals surface area (Å²) in [5.41, 5.74) is 1.60. The van der Waals surface area contributed by atoms with Crippen LogP contribution in [0.3, 0.4) is 0 Å². The minimum absolute atomic E-state index is 0.0875. The molecular weight excluding hydrogens is 282 g/mol. The van der Waals surface area contributed by atoms with E-state index in [4.69, 9.17) is 4.74 Å². The summed E-state index contributed by atoms with van der Waals surface area (Å²) in [5.74, 6) is 1.72. The molecule has 0 saturated heterocycles. The first-order valence-corrected chi connectivity index (χ1v) is 8.11. The molecule has 2 rings (SSSR count). The second-order valence-electron chi connectivity index (χ2n) is 5.03. The number of pyridine rings is 1. The van der Waals surface area contributed by atoms with Gasteiger partial charge in [0.15, 0.2) is 0 Å². The normalized spacial score (nSPS) is 12.4. The number of hydrogen-bond acceptors (Lipinski definition) is 4. The van der Waals surface area contributed by atoms with Crippen LogP contribution < -0.4 is 4.74 Å². The van der Waals surface area contributed by atoms with Crippen molar-refractivity contribution in [3.63, 3.8) is 0 Å². The summed E-state index contributed by atoms with van der Waals surface area (Å²) in [6.45, 7) is 6.06. The number of aromatic nitrogens is 1. The van der Waals surface area contributed by atoms with E-state index >= 15 is 0 Å². The number of hydrogen-bond donors (Lipinski definition) is 1. The Morgan fingerprint density at radius 2 is 1.86 bits per heavy atom. The Hall–Kier alpha value is -1.52. The van der Waals surface area contributed by atoms with Crippen LogP contribution in [0, 0.1) is 0 Å². The van der Waals surface area contributed by atoms with Crippen LogP contribution >= 0.6 is 11.8 Å². The van der Waals surface area contributed by atoms with Gasteiger partial charge >= 0.3 is 0 Å². The molecule has 1 aromatic heterocycles. The van der Waals surface area contributed by atoms with Gasteiger partial charge in [0, 0.05) is 16.7 Å².